The summed E-state index contributed by atoms with van der Waals surface area (Å²) in [5.74, 6) is 0.768. The molecule has 0 atom stereocenters. The number of H-pyrrole nitrogens is 1. The van der Waals surface area contributed by atoms with Crippen LogP contribution in [0, 0.1) is 4.64 Å². The Morgan fingerprint density at radius 3 is 3.09 bits per heavy atom. The summed E-state index contributed by atoms with van der Waals surface area (Å²) in [6, 6.07) is 3.75. The summed E-state index contributed by atoms with van der Waals surface area (Å²) in [6.07, 6.45) is 2.80. The summed E-state index contributed by atoms with van der Waals surface area (Å²) in [4.78, 5) is 2.90. The first-order chi connectivity index (χ1) is 5.34. The van der Waals surface area contributed by atoms with Crippen LogP contribution < -0.4 is 4.74 Å². The molecule has 0 saturated heterocycles. The van der Waals surface area contributed by atoms with Crippen LogP contribution in [-0.2, 0) is 0 Å². The fraction of sp³-hybridized carbons (Fsp3) is 0.375. The molecule has 0 aliphatic heterocycles. The Bertz CT molecular complexity index is 269. The molecule has 60 valence electrons. The van der Waals surface area contributed by atoms with Crippen LogP contribution in [0.25, 0.3) is 0 Å². The highest BCUT2D eigenvalue weighted by molar-refractivity contribution is 7.71. The third kappa shape index (κ3) is 2.35. The van der Waals surface area contributed by atoms with Crippen LogP contribution in [0.4, 0.5) is 0 Å². The van der Waals surface area contributed by atoms with Crippen molar-refractivity contribution >= 4 is 12.2 Å². The van der Waals surface area contributed by atoms with Crippen molar-refractivity contribution in [2.75, 3.05) is 6.61 Å². The van der Waals surface area contributed by atoms with E-state index in [2.05, 4.69) is 11.9 Å². The molecule has 0 saturated carbocycles. The summed E-state index contributed by atoms with van der Waals surface area (Å²) in [6.45, 7) is 2.79. The SMILES string of the molecule is CCCOc1ccc[nH]c1=S. The van der Waals surface area contributed by atoms with Crippen LogP contribution in [0.2, 0.25) is 0 Å². The van der Waals surface area contributed by atoms with Crippen LogP contribution >= 0.6 is 12.2 Å². The molecule has 0 aliphatic rings. The predicted octanol–water partition coefficient (Wildman–Crippen LogP) is 2.53. The quantitative estimate of drug-likeness (QED) is 0.703. The van der Waals surface area contributed by atoms with Gasteiger partial charge in [0.15, 0.2) is 5.75 Å². The summed E-state index contributed by atoms with van der Waals surface area (Å²) in [5.41, 5.74) is 0. The van der Waals surface area contributed by atoms with Gasteiger partial charge in [0.25, 0.3) is 0 Å². The number of hydrogen-bond acceptors (Lipinski definition) is 2. The lowest BCUT2D eigenvalue weighted by atomic mass is 10.4. The van der Waals surface area contributed by atoms with Gasteiger partial charge in [-0.2, -0.15) is 0 Å². The van der Waals surface area contributed by atoms with Crippen molar-refractivity contribution in [3.63, 3.8) is 0 Å². The molecular formula is C8H11NOS. The van der Waals surface area contributed by atoms with Crippen molar-refractivity contribution in [1.82, 2.24) is 4.98 Å². The summed E-state index contributed by atoms with van der Waals surface area (Å²) < 4.78 is 6.02. The molecular weight excluding hydrogens is 158 g/mol. The molecule has 1 N–H and O–H groups in total. The van der Waals surface area contributed by atoms with Gasteiger partial charge in [0, 0.05) is 6.20 Å². The topological polar surface area (TPSA) is 25.0 Å². The minimum absolute atomic E-state index is 0.668. The fourth-order valence-corrected chi connectivity index (χ4v) is 0.927. The second-order valence-electron chi connectivity index (χ2n) is 2.21. The average molecular weight is 169 g/mol. The van der Waals surface area contributed by atoms with Crippen LogP contribution in [0.1, 0.15) is 13.3 Å². The molecule has 2 nitrogen and oxygen atoms in total. The Labute approximate surface area is 71.2 Å². The average Bonchev–Trinajstić information content (AvgIpc) is 2.03. The van der Waals surface area contributed by atoms with Crippen LogP contribution in [0.15, 0.2) is 18.3 Å². The number of pyridine rings is 1. The van der Waals surface area contributed by atoms with E-state index in [0.29, 0.717) is 4.64 Å². The van der Waals surface area contributed by atoms with Crippen molar-refractivity contribution in [1.29, 1.82) is 0 Å². The zero-order valence-electron chi connectivity index (χ0n) is 6.46. The van der Waals surface area contributed by atoms with E-state index in [4.69, 9.17) is 17.0 Å². The highest BCUT2D eigenvalue weighted by atomic mass is 32.1. The highest BCUT2D eigenvalue weighted by Crippen LogP contribution is 2.09. The Kier molecular flexibility index (Phi) is 3.11. The van der Waals surface area contributed by atoms with Gasteiger partial charge in [-0.05, 0) is 18.6 Å². The molecule has 1 aromatic heterocycles. The van der Waals surface area contributed by atoms with Crippen molar-refractivity contribution in [3.05, 3.63) is 23.0 Å². The van der Waals surface area contributed by atoms with Crippen LogP contribution in [0.3, 0.4) is 0 Å². The minimum atomic E-state index is 0.668. The Hall–Kier alpha value is -0.830. The van der Waals surface area contributed by atoms with E-state index in [1.165, 1.54) is 0 Å². The molecule has 0 amide bonds. The molecule has 0 radical (unpaired) electrons. The number of aromatic nitrogens is 1. The molecule has 1 aromatic rings. The molecule has 1 heterocycles. The second kappa shape index (κ2) is 4.13. The molecule has 1 rings (SSSR count). The van der Waals surface area contributed by atoms with Gasteiger partial charge in [-0.3, -0.25) is 0 Å². The van der Waals surface area contributed by atoms with Crippen LogP contribution in [0.5, 0.6) is 5.75 Å². The van der Waals surface area contributed by atoms with Gasteiger partial charge in [0.05, 0.1) is 6.61 Å². The van der Waals surface area contributed by atoms with Gasteiger partial charge in [0.2, 0.25) is 0 Å². The fourth-order valence-electron chi connectivity index (χ4n) is 0.732. The van der Waals surface area contributed by atoms with Gasteiger partial charge < -0.3 is 9.72 Å². The first kappa shape index (κ1) is 8.27. The third-order valence-corrected chi connectivity index (χ3v) is 1.56. The number of rotatable bonds is 3. The molecule has 0 bridgehead atoms. The molecule has 11 heavy (non-hydrogen) atoms. The van der Waals surface area contributed by atoms with E-state index in [0.717, 1.165) is 18.8 Å². The number of aromatic amines is 1. The van der Waals surface area contributed by atoms with Crippen molar-refractivity contribution in [3.8, 4) is 5.75 Å². The van der Waals surface area contributed by atoms with E-state index in [9.17, 15) is 0 Å². The second-order valence-corrected chi connectivity index (χ2v) is 2.62. The van der Waals surface area contributed by atoms with Crippen molar-refractivity contribution in [2.45, 2.75) is 13.3 Å². The van der Waals surface area contributed by atoms with Gasteiger partial charge in [-0.15, -0.1) is 0 Å². The van der Waals surface area contributed by atoms with Gasteiger partial charge in [0.1, 0.15) is 4.64 Å². The van der Waals surface area contributed by atoms with E-state index in [-0.39, 0.29) is 0 Å². The lowest BCUT2D eigenvalue weighted by Gasteiger charge is -2.02. The van der Waals surface area contributed by atoms with E-state index in [1.807, 2.05) is 12.1 Å². The number of ether oxygens (including phenoxy) is 1. The van der Waals surface area contributed by atoms with Gasteiger partial charge in [-0.1, -0.05) is 19.1 Å². The Morgan fingerprint density at radius 2 is 2.45 bits per heavy atom. The summed E-state index contributed by atoms with van der Waals surface area (Å²) >= 11 is 4.98. The van der Waals surface area contributed by atoms with Crippen molar-refractivity contribution in [2.24, 2.45) is 0 Å². The Balaban J connectivity index is 2.70. The molecule has 0 unspecified atom stereocenters. The monoisotopic (exact) mass is 169 g/mol. The molecule has 3 heteroatoms. The maximum Gasteiger partial charge on any atom is 0.153 e. The highest BCUT2D eigenvalue weighted by Gasteiger charge is 1.92. The maximum atomic E-state index is 5.35. The van der Waals surface area contributed by atoms with E-state index < -0.39 is 0 Å². The molecule has 0 aliphatic carbocycles. The largest absolute Gasteiger partial charge is 0.491 e. The van der Waals surface area contributed by atoms with Crippen LogP contribution in [-0.4, -0.2) is 11.6 Å². The normalized spacial score (nSPS) is 9.55. The third-order valence-electron chi connectivity index (χ3n) is 1.24. The number of nitrogens with one attached hydrogen (secondary N) is 1. The van der Waals surface area contributed by atoms with Gasteiger partial charge >= 0.3 is 0 Å². The minimum Gasteiger partial charge on any atom is -0.491 e. The predicted molar refractivity (Wildman–Crippen MR) is 47.4 cm³/mol. The smallest absolute Gasteiger partial charge is 0.153 e. The Morgan fingerprint density at radius 1 is 1.64 bits per heavy atom. The zero-order valence-corrected chi connectivity index (χ0v) is 7.28. The standard InChI is InChI=1S/C8H11NOS/c1-2-6-10-7-4-3-5-9-8(7)11/h3-5H,2,6H2,1H3,(H,9,11). The number of hydrogen-bond donors (Lipinski definition) is 1. The molecule has 0 spiro atoms. The maximum absolute atomic E-state index is 5.35. The zero-order chi connectivity index (χ0) is 8.10. The van der Waals surface area contributed by atoms with E-state index in [1.54, 1.807) is 6.20 Å². The molecule has 0 fully saturated rings. The lowest BCUT2D eigenvalue weighted by molar-refractivity contribution is 0.315. The van der Waals surface area contributed by atoms with E-state index >= 15 is 0 Å². The first-order valence-corrected chi connectivity index (χ1v) is 4.06. The summed E-state index contributed by atoms with van der Waals surface area (Å²) in [5, 5.41) is 0. The van der Waals surface area contributed by atoms with Gasteiger partial charge in [-0.25, -0.2) is 0 Å². The van der Waals surface area contributed by atoms with Crippen molar-refractivity contribution < 1.29 is 4.74 Å². The molecule has 0 aromatic carbocycles. The lowest BCUT2D eigenvalue weighted by Crippen LogP contribution is -1.95. The summed E-state index contributed by atoms with van der Waals surface area (Å²) in [7, 11) is 0. The first-order valence-electron chi connectivity index (χ1n) is 3.65.